The van der Waals surface area contributed by atoms with Gasteiger partial charge in [0.1, 0.15) is 16.7 Å². The van der Waals surface area contributed by atoms with E-state index < -0.39 is 12.8 Å². The van der Waals surface area contributed by atoms with Crippen molar-refractivity contribution in [2.45, 2.75) is 25.9 Å². The molecular formula is C20H22ClO4P. The Morgan fingerprint density at radius 3 is 2.50 bits per heavy atom. The van der Waals surface area contributed by atoms with Crippen LogP contribution in [0, 0.1) is 0 Å². The molecule has 2 aromatic rings. The van der Waals surface area contributed by atoms with E-state index in [2.05, 4.69) is 0 Å². The van der Waals surface area contributed by atoms with E-state index in [9.17, 15) is 4.57 Å². The van der Waals surface area contributed by atoms with Crippen LogP contribution in [-0.2, 0) is 18.8 Å². The first-order valence-electron chi connectivity index (χ1n) is 8.41. The Morgan fingerprint density at radius 2 is 1.88 bits per heavy atom. The van der Waals surface area contributed by atoms with Crippen LogP contribution in [0.4, 0.5) is 0 Å². The van der Waals surface area contributed by atoms with Crippen LogP contribution in [0.3, 0.4) is 0 Å². The summed E-state index contributed by atoms with van der Waals surface area (Å²) in [6, 6.07) is 13.1. The maximum Gasteiger partial charge on any atom is 0.389 e. The molecule has 0 fully saturated rings. The second-order valence-electron chi connectivity index (χ2n) is 6.54. The lowest BCUT2D eigenvalue weighted by Crippen LogP contribution is -2.26. The summed E-state index contributed by atoms with van der Waals surface area (Å²) < 4.78 is 30.5. The van der Waals surface area contributed by atoms with Crippen LogP contribution in [-0.4, -0.2) is 13.7 Å². The quantitative estimate of drug-likeness (QED) is 0.569. The molecular weight excluding hydrogens is 371 g/mol. The van der Waals surface area contributed by atoms with Crippen LogP contribution < -0.4 is 4.74 Å². The highest BCUT2D eigenvalue weighted by Crippen LogP contribution is 2.70. The normalized spacial score (nSPS) is 22.6. The van der Waals surface area contributed by atoms with Crippen molar-refractivity contribution in [3.63, 3.8) is 0 Å². The van der Waals surface area contributed by atoms with E-state index in [1.54, 1.807) is 19.2 Å². The number of halogens is 1. The highest BCUT2D eigenvalue weighted by atomic mass is 35.5. The molecule has 138 valence electrons. The lowest BCUT2D eigenvalue weighted by Gasteiger charge is -2.39. The summed E-state index contributed by atoms with van der Waals surface area (Å²) in [6.45, 7) is 5.86. The Labute approximate surface area is 159 Å². The summed E-state index contributed by atoms with van der Waals surface area (Å²) >= 11 is 5.96. The smallest absolute Gasteiger partial charge is 0.389 e. The predicted molar refractivity (Wildman–Crippen MR) is 106 cm³/mol. The lowest BCUT2D eigenvalue weighted by atomic mass is 9.94. The van der Waals surface area contributed by atoms with Crippen molar-refractivity contribution in [3.05, 3.63) is 64.2 Å². The summed E-state index contributed by atoms with van der Waals surface area (Å²) in [5.41, 5.74) is 2.64. The van der Waals surface area contributed by atoms with Gasteiger partial charge in [0.15, 0.2) is 0 Å². The molecule has 0 bridgehead atoms. The van der Waals surface area contributed by atoms with Crippen molar-refractivity contribution < 1.29 is 18.3 Å². The average molecular weight is 393 g/mol. The van der Waals surface area contributed by atoms with Crippen molar-refractivity contribution in [2.75, 3.05) is 13.7 Å². The molecule has 0 aliphatic carbocycles. The van der Waals surface area contributed by atoms with E-state index in [0.717, 1.165) is 16.7 Å². The van der Waals surface area contributed by atoms with Gasteiger partial charge in [-0.3, -0.25) is 4.52 Å². The number of hydrogen-bond acceptors (Lipinski definition) is 4. The van der Waals surface area contributed by atoms with Gasteiger partial charge in [-0.05, 0) is 68.3 Å². The van der Waals surface area contributed by atoms with Crippen LogP contribution >= 0.6 is 19.2 Å². The van der Waals surface area contributed by atoms with Gasteiger partial charge >= 0.3 is 7.60 Å². The molecule has 0 aromatic heterocycles. The molecule has 0 amide bonds. The largest absolute Gasteiger partial charge is 0.497 e. The molecule has 1 atom stereocenters. The fourth-order valence-corrected chi connectivity index (χ4v) is 4.94. The maximum absolute atomic E-state index is 13.6. The summed E-state index contributed by atoms with van der Waals surface area (Å²) in [6.07, 6.45) is 1.85. The Hall–Kier alpha value is -1.74. The van der Waals surface area contributed by atoms with E-state index in [-0.39, 0.29) is 0 Å². The number of rotatable bonds is 4. The van der Waals surface area contributed by atoms with Gasteiger partial charge < -0.3 is 9.26 Å². The molecule has 0 spiro atoms. The predicted octanol–water partition coefficient (Wildman–Crippen LogP) is 6.34. The molecule has 6 heteroatoms. The number of ether oxygens (including phenoxy) is 1. The van der Waals surface area contributed by atoms with Gasteiger partial charge in [0, 0.05) is 10.6 Å². The van der Waals surface area contributed by atoms with Crippen LogP contribution in [0.25, 0.3) is 11.8 Å². The number of benzene rings is 2. The molecule has 2 aromatic carbocycles. The van der Waals surface area contributed by atoms with E-state index in [1.807, 2.05) is 57.2 Å². The second kappa shape index (κ2) is 7.11. The monoisotopic (exact) mass is 392 g/mol. The third-order valence-corrected chi connectivity index (χ3v) is 7.42. The third kappa shape index (κ3) is 3.29. The summed E-state index contributed by atoms with van der Waals surface area (Å²) in [7, 11) is -1.82. The van der Waals surface area contributed by atoms with Crippen LogP contribution in [0.2, 0.25) is 5.02 Å². The van der Waals surface area contributed by atoms with E-state index in [1.165, 1.54) is 0 Å². The molecule has 0 N–H and O–H groups in total. The van der Waals surface area contributed by atoms with Gasteiger partial charge in [0.2, 0.25) is 0 Å². The van der Waals surface area contributed by atoms with E-state index in [0.29, 0.717) is 23.1 Å². The first-order valence-corrected chi connectivity index (χ1v) is 10.3. The van der Waals surface area contributed by atoms with Gasteiger partial charge in [0.05, 0.1) is 13.7 Å². The molecule has 0 radical (unpaired) electrons. The zero-order valence-electron chi connectivity index (χ0n) is 15.3. The SMILES string of the molecule is CCOP1(=O)O/C(=C\c2ccc(Cl)cc2)c2ccc(OC)cc2C1(C)C. The van der Waals surface area contributed by atoms with Crippen LogP contribution in [0.1, 0.15) is 37.5 Å². The van der Waals surface area contributed by atoms with Gasteiger partial charge in [-0.2, -0.15) is 0 Å². The molecule has 1 heterocycles. The second-order valence-corrected chi connectivity index (χ2v) is 9.53. The van der Waals surface area contributed by atoms with Gasteiger partial charge in [-0.15, -0.1) is 0 Å². The molecule has 3 rings (SSSR count). The zero-order valence-corrected chi connectivity index (χ0v) is 16.9. The summed E-state index contributed by atoms with van der Waals surface area (Å²) in [5, 5.41) is -0.146. The van der Waals surface area contributed by atoms with Crippen molar-refractivity contribution in [1.82, 2.24) is 0 Å². The first-order chi connectivity index (χ1) is 12.3. The Balaban J connectivity index is 2.20. The minimum absolute atomic E-state index is 0.300. The van der Waals surface area contributed by atoms with Crippen LogP contribution in [0.15, 0.2) is 42.5 Å². The minimum atomic E-state index is -3.43. The van der Waals surface area contributed by atoms with E-state index in [4.69, 9.17) is 25.4 Å². The molecule has 4 nitrogen and oxygen atoms in total. The fourth-order valence-electron chi connectivity index (χ4n) is 2.98. The first kappa shape index (κ1) is 19.0. The lowest BCUT2D eigenvalue weighted by molar-refractivity contribution is 0.243. The molecule has 0 saturated heterocycles. The summed E-state index contributed by atoms with van der Waals surface area (Å²) in [4.78, 5) is 0. The third-order valence-electron chi connectivity index (χ3n) is 4.52. The molecule has 1 unspecified atom stereocenters. The van der Waals surface area contributed by atoms with Gasteiger partial charge in [-0.25, -0.2) is 4.57 Å². The Morgan fingerprint density at radius 1 is 1.19 bits per heavy atom. The van der Waals surface area contributed by atoms with Crippen molar-refractivity contribution in [2.24, 2.45) is 0 Å². The summed E-state index contributed by atoms with van der Waals surface area (Å²) in [5.74, 6) is 1.22. The molecule has 1 aliphatic rings. The highest BCUT2D eigenvalue weighted by molar-refractivity contribution is 7.55. The average Bonchev–Trinajstić information content (AvgIpc) is 2.61. The zero-order chi connectivity index (χ0) is 18.9. The maximum atomic E-state index is 13.6. The number of hydrogen-bond donors (Lipinski definition) is 0. The van der Waals surface area contributed by atoms with Crippen molar-refractivity contribution >= 4 is 31.0 Å². The molecule has 1 aliphatic heterocycles. The van der Waals surface area contributed by atoms with Crippen LogP contribution in [0.5, 0.6) is 5.75 Å². The Kier molecular flexibility index (Phi) is 5.21. The topological polar surface area (TPSA) is 44.8 Å². The van der Waals surface area contributed by atoms with Gasteiger partial charge in [-0.1, -0.05) is 23.7 Å². The van der Waals surface area contributed by atoms with Crippen molar-refractivity contribution in [1.29, 1.82) is 0 Å². The van der Waals surface area contributed by atoms with E-state index >= 15 is 0 Å². The standard InChI is InChI=1S/C20H22ClO4P/c1-5-24-26(22)20(2,3)18-13-16(23-4)10-11-17(18)19(25-26)12-14-6-8-15(21)9-7-14/h6-13H,5H2,1-4H3/b19-12-. The number of methoxy groups -OCH3 is 1. The Bertz CT molecular complexity index is 887. The molecule has 0 saturated carbocycles. The van der Waals surface area contributed by atoms with Gasteiger partial charge in [0.25, 0.3) is 0 Å². The highest BCUT2D eigenvalue weighted by Gasteiger charge is 2.51. The van der Waals surface area contributed by atoms with Crippen molar-refractivity contribution in [3.8, 4) is 5.75 Å². The molecule has 26 heavy (non-hydrogen) atoms. The fraction of sp³-hybridized carbons (Fsp3) is 0.300. The number of fused-ring (bicyclic) bond motifs is 1. The minimum Gasteiger partial charge on any atom is -0.497 e.